The average molecular weight is 463 g/mol. The molecule has 166 valence electrons. The van der Waals surface area contributed by atoms with Crippen LogP contribution >= 0.6 is 24.0 Å². The number of thioether (sulfide) groups is 1. The molecule has 0 unspecified atom stereocenters. The highest BCUT2D eigenvalue weighted by Gasteiger charge is 2.33. The minimum atomic E-state index is -0.298. The Balaban J connectivity index is 2.18. The Bertz CT molecular complexity index is 1010. The zero-order valence-corrected chi connectivity index (χ0v) is 19.6. The molecule has 8 nitrogen and oxygen atoms in total. The maximum atomic E-state index is 13.1. The summed E-state index contributed by atoms with van der Waals surface area (Å²) in [5.41, 5.74) is 1.09. The minimum Gasteiger partial charge on any atom is -0.383 e. The molecule has 2 aliphatic heterocycles. The molecule has 1 aromatic heterocycles. The Morgan fingerprint density at radius 1 is 1.29 bits per heavy atom. The van der Waals surface area contributed by atoms with Crippen LogP contribution in [0.25, 0.3) is 6.08 Å². The van der Waals surface area contributed by atoms with Gasteiger partial charge in [0.25, 0.3) is 11.5 Å². The van der Waals surface area contributed by atoms with E-state index in [2.05, 4.69) is 11.0 Å². The van der Waals surface area contributed by atoms with Crippen LogP contribution in [0.5, 0.6) is 0 Å². The number of anilines is 1. The molecule has 0 atom stereocenters. The molecule has 2 fully saturated rings. The number of carbonyl (C=O) groups is 1. The van der Waals surface area contributed by atoms with Crippen LogP contribution in [0.3, 0.4) is 0 Å². The van der Waals surface area contributed by atoms with Gasteiger partial charge in [-0.2, -0.15) is 5.26 Å². The first-order chi connectivity index (χ1) is 14.9. The lowest BCUT2D eigenvalue weighted by Crippen LogP contribution is -2.41. The molecule has 0 spiro atoms. The van der Waals surface area contributed by atoms with Crippen molar-refractivity contribution in [2.75, 3.05) is 51.5 Å². The molecule has 2 saturated heterocycles. The van der Waals surface area contributed by atoms with Crippen molar-refractivity contribution in [3.8, 4) is 6.07 Å². The third-order valence-corrected chi connectivity index (χ3v) is 6.65. The summed E-state index contributed by atoms with van der Waals surface area (Å²) in [6, 6.07) is 2.06. The lowest BCUT2D eigenvalue weighted by atomic mass is 10.0. The van der Waals surface area contributed by atoms with E-state index in [1.807, 2.05) is 6.92 Å². The molecule has 31 heavy (non-hydrogen) atoms. The first kappa shape index (κ1) is 23.5. The SMILES string of the molecule is CCCn1c(N2CCOCC2)c(/C=C2/SC(=S)N(CCOC)C2=O)c(C)c(C#N)c1=O. The number of methoxy groups -OCH3 is 1. The third kappa shape index (κ3) is 4.70. The fourth-order valence-corrected chi connectivity index (χ4v) is 4.99. The highest BCUT2D eigenvalue weighted by Crippen LogP contribution is 2.36. The van der Waals surface area contributed by atoms with Gasteiger partial charge in [0.1, 0.15) is 21.8 Å². The standard InChI is InChI=1S/C21H26N4O4S2/c1-4-5-24-18(23-6-10-29-11-7-23)15(14(2)16(13-22)19(24)26)12-17-20(27)25(8-9-28-3)21(30)31-17/h12H,4-11H2,1-3H3/b17-12+. The number of nitriles is 1. The number of carbonyl (C=O) groups excluding carboxylic acids is 1. The molecule has 2 aliphatic rings. The van der Waals surface area contributed by atoms with Crippen LogP contribution < -0.4 is 10.5 Å². The second-order valence-corrected chi connectivity index (χ2v) is 8.91. The number of rotatable bonds is 7. The Hall–Kier alpha value is -2.19. The molecule has 1 aromatic rings. The van der Waals surface area contributed by atoms with Crippen molar-refractivity contribution in [3.63, 3.8) is 0 Å². The number of ether oxygens (including phenoxy) is 2. The molecule has 3 rings (SSSR count). The first-order valence-electron chi connectivity index (χ1n) is 10.2. The Kier molecular flexibility index (Phi) is 7.89. The van der Waals surface area contributed by atoms with Gasteiger partial charge in [0.2, 0.25) is 0 Å². The van der Waals surface area contributed by atoms with E-state index in [4.69, 9.17) is 21.7 Å². The zero-order chi connectivity index (χ0) is 22.5. The maximum Gasteiger partial charge on any atom is 0.270 e. The molecule has 0 saturated carbocycles. The summed E-state index contributed by atoms with van der Waals surface area (Å²) in [7, 11) is 1.58. The quantitative estimate of drug-likeness (QED) is 0.450. The highest BCUT2D eigenvalue weighted by atomic mass is 32.2. The molecule has 1 amide bonds. The fourth-order valence-electron chi connectivity index (χ4n) is 3.70. The lowest BCUT2D eigenvalue weighted by Gasteiger charge is -2.33. The molecule has 0 radical (unpaired) electrons. The molecule has 0 aromatic carbocycles. The van der Waals surface area contributed by atoms with Gasteiger partial charge < -0.3 is 14.4 Å². The second-order valence-electron chi connectivity index (χ2n) is 7.23. The molecule has 0 N–H and O–H groups in total. The van der Waals surface area contributed by atoms with Crippen LogP contribution in [0.15, 0.2) is 9.70 Å². The van der Waals surface area contributed by atoms with Gasteiger partial charge in [0.05, 0.1) is 31.3 Å². The summed E-state index contributed by atoms with van der Waals surface area (Å²) in [4.78, 5) is 30.2. The molecule has 0 aliphatic carbocycles. The van der Waals surface area contributed by atoms with E-state index in [1.165, 1.54) is 16.7 Å². The van der Waals surface area contributed by atoms with E-state index in [0.29, 0.717) is 66.4 Å². The van der Waals surface area contributed by atoms with E-state index < -0.39 is 0 Å². The normalized spacial score (nSPS) is 18.2. The highest BCUT2D eigenvalue weighted by molar-refractivity contribution is 8.26. The van der Waals surface area contributed by atoms with Crippen molar-refractivity contribution >= 4 is 46.1 Å². The summed E-state index contributed by atoms with van der Waals surface area (Å²) in [6.07, 6.45) is 2.52. The summed E-state index contributed by atoms with van der Waals surface area (Å²) < 4.78 is 12.7. The number of morpholine rings is 1. The molecule has 3 heterocycles. The van der Waals surface area contributed by atoms with Crippen LogP contribution in [0.2, 0.25) is 0 Å². The zero-order valence-electron chi connectivity index (χ0n) is 18.0. The Morgan fingerprint density at radius 2 is 2.00 bits per heavy atom. The first-order valence-corrected chi connectivity index (χ1v) is 11.4. The summed E-state index contributed by atoms with van der Waals surface area (Å²) in [5.74, 6) is 0.542. The predicted molar refractivity (Wildman–Crippen MR) is 125 cm³/mol. The number of hydrogen-bond acceptors (Lipinski definition) is 8. The van der Waals surface area contributed by atoms with E-state index in [9.17, 15) is 14.9 Å². The summed E-state index contributed by atoms with van der Waals surface area (Å²) in [6.45, 7) is 7.37. The number of nitrogens with zero attached hydrogens (tertiary/aromatic N) is 4. The maximum absolute atomic E-state index is 13.1. The third-order valence-electron chi connectivity index (χ3n) is 5.27. The Morgan fingerprint density at radius 3 is 2.61 bits per heavy atom. The van der Waals surface area contributed by atoms with E-state index in [1.54, 1.807) is 24.7 Å². The van der Waals surface area contributed by atoms with Crippen molar-refractivity contribution in [3.05, 3.63) is 31.9 Å². The van der Waals surface area contributed by atoms with Gasteiger partial charge in [-0.25, -0.2) is 0 Å². The summed E-state index contributed by atoms with van der Waals surface area (Å²) >= 11 is 6.62. The van der Waals surface area contributed by atoms with Gasteiger partial charge in [-0.1, -0.05) is 30.9 Å². The van der Waals surface area contributed by atoms with Crippen molar-refractivity contribution in [1.82, 2.24) is 9.47 Å². The fraction of sp³-hybridized carbons (Fsp3) is 0.524. The lowest BCUT2D eigenvalue weighted by molar-refractivity contribution is -0.122. The van der Waals surface area contributed by atoms with Gasteiger partial charge in [-0.3, -0.25) is 19.1 Å². The van der Waals surface area contributed by atoms with E-state index in [0.717, 1.165) is 12.2 Å². The molecular formula is C21H26N4O4S2. The van der Waals surface area contributed by atoms with Crippen LogP contribution in [-0.4, -0.2) is 66.3 Å². The van der Waals surface area contributed by atoms with Crippen molar-refractivity contribution in [1.29, 1.82) is 5.26 Å². The second kappa shape index (κ2) is 10.4. The van der Waals surface area contributed by atoms with Gasteiger partial charge in [0, 0.05) is 32.3 Å². The number of thiocarbonyl (C=S) groups is 1. The van der Waals surface area contributed by atoms with E-state index >= 15 is 0 Å². The molecule has 10 heteroatoms. The smallest absolute Gasteiger partial charge is 0.270 e. The van der Waals surface area contributed by atoms with Gasteiger partial charge in [-0.05, 0) is 25.0 Å². The topological polar surface area (TPSA) is 87.8 Å². The van der Waals surface area contributed by atoms with Gasteiger partial charge >= 0.3 is 0 Å². The molecule has 0 bridgehead atoms. The van der Waals surface area contributed by atoms with Crippen molar-refractivity contribution in [2.24, 2.45) is 0 Å². The van der Waals surface area contributed by atoms with Crippen LogP contribution in [0, 0.1) is 18.3 Å². The number of hydrogen-bond donors (Lipinski definition) is 0. The number of amides is 1. The molecular weight excluding hydrogens is 436 g/mol. The van der Waals surface area contributed by atoms with Crippen molar-refractivity contribution in [2.45, 2.75) is 26.8 Å². The van der Waals surface area contributed by atoms with E-state index in [-0.39, 0.29) is 17.0 Å². The largest absolute Gasteiger partial charge is 0.383 e. The van der Waals surface area contributed by atoms with Crippen LogP contribution in [0.4, 0.5) is 5.82 Å². The van der Waals surface area contributed by atoms with Crippen LogP contribution in [-0.2, 0) is 20.8 Å². The number of aromatic nitrogens is 1. The van der Waals surface area contributed by atoms with Crippen LogP contribution in [0.1, 0.15) is 30.0 Å². The van der Waals surface area contributed by atoms with Gasteiger partial charge in [0.15, 0.2) is 0 Å². The Labute approximate surface area is 191 Å². The summed E-state index contributed by atoms with van der Waals surface area (Å²) in [5, 5.41) is 9.68. The average Bonchev–Trinajstić information content (AvgIpc) is 3.03. The monoisotopic (exact) mass is 462 g/mol. The van der Waals surface area contributed by atoms with Crippen molar-refractivity contribution < 1.29 is 14.3 Å². The predicted octanol–water partition coefficient (Wildman–Crippen LogP) is 2.12. The number of pyridine rings is 1. The van der Waals surface area contributed by atoms with Gasteiger partial charge in [-0.15, -0.1) is 0 Å². The minimum absolute atomic E-state index is 0.103.